The smallest absolute Gasteiger partial charge is 0.225 e. The van der Waals surface area contributed by atoms with Crippen molar-refractivity contribution in [2.24, 2.45) is 0 Å². The van der Waals surface area contributed by atoms with Crippen LogP contribution in [0.15, 0.2) is 30.7 Å². The first-order valence-corrected chi connectivity index (χ1v) is 8.27. The van der Waals surface area contributed by atoms with Crippen molar-refractivity contribution >= 4 is 5.95 Å². The Balaban J connectivity index is 1.66. The Morgan fingerprint density at radius 2 is 2.17 bits per heavy atom. The van der Waals surface area contributed by atoms with Crippen LogP contribution in [0.3, 0.4) is 0 Å². The highest BCUT2D eigenvalue weighted by Crippen LogP contribution is 2.20. The lowest BCUT2D eigenvalue weighted by Crippen LogP contribution is -2.46. The number of aromatic nitrogens is 3. The Morgan fingerprint density at radius 1 is 1.30 bits per heavy atom. The summed E-state index contributed by atoms with van der Waals surface area (Å²) in [5.74, 6) is 0.828. The van der Waals surface area contributed by atoms with Gasteiger partial charge in [0.1, 0.15) is 0 Å². The second kappa shape index (κ2) is 7.04. The Bertz CT molecular complexity index is 657. The number of hydrogen-bond acceptors (Lipinski definition) is 5. The molecular formula is C18H25N5. The summed E-state index contributed by atoms with van der Waals surface area (Å²) in [6.07, 6.45) is 8.12. The zero-order valence-corrected chi connectivity index (χ0v) is 14.2. The van der Waals surface area contributed by atoms with E-state index in [-0.39, 0.29) is 0 Å². The highest BCUT2D eigenvalue weighted by Gasteiger charge is 2.24. The summed E-state index contributed by atoms with van der Waals surface area (Å²) in [4.78, 5) is 18.0. The zero-order valence-electron chi connectivity index (χ0n) is 14.2. The predicted molar refractivity (Wildman–Crippen MR) is 92.4 cm³/mol. The van der Waals surface area contributed by atoms with Crippen molar-refractivity contribution in [3.05, 3.63) is 47.5 Å². The molecule has 0 aliphatic carbocycles. The molecule has 2 aromatic heterocycles. The minimum atomic E-state index is 0.461. The fraction of sp³-hybridized carbons (Fsp3) is 0.500. The number of piperidine rings is 1. The Kier molecular flexibility index (Phi) is 4.86. The third-order valence-electron chi connectivity index (χ3n) is 4.46. The van der Waals surface area contributed by atoms with Crippen LogP contribution in [0.4, 0.5) is 5.95 Å². The lowest BCUT2D eigenvalue weighted by atomic mass is 10.0. The van der Waals surface area contributed by atoms with E-state index in [0.29, 0.717) is 6.04 Å². The van der Waals surface area contributed by atoms with Crippen molar-refractivity contribution in [1.82, 2.24) is 19.9 Å². The van der Waals surface area contributed by atoms with Crippen molar-refractivity contribution in [1.29, 1.82) is 0 Å². The van der Waals surface area contributed by atoms with Crippen LogP contribution in [0.25, 0.3) is 0 Å². The number of aryl methyl sites for hydroxylation is 2. The van der Waals surface area contributed by atoms with Crippen molar-refractivity contribution in [3.63, 3.8) is 0 Å². The van der Waals surface area contributed by atoms with Crippen LogP contribution in [0.5, 0.6) is 0 Å². The maximum atomic E-state index is 4.56. The van der Waals surface area contributed by atoms with Gasteiger partial charge >= 0.3 is 0 Å². The molecule has 0 radical (unpaired) electrons. The molecule has 23 heavy (non-hydrogen) atoms. The van der Waals surface area contributed by atoms with Gasteiger partial charge in [0.15, 0.2) is 0 Å². The number of pyridine rings is 1. The molecule has 1 unspecified atom stereocenters. The monoisotopic (exact) mass is 311 g/mol. The average molecular weight is 311 g/mol. The van der Waals surface area contributed by atoms with Crippen LogP contribution in [0, 0.1) is 13.8 Å². The van der Waals surface area contributed by atoms with Gasteiger partial charge in [0.05, 0.1) is 0 Å². The molecule has 0 spiro atoms. The average Bonchev–Trinajstić information content (AvgIpc) is 2.54. The van der Waals surface area contributed by atoms with Crippen molar-refractivity contribution in [2.75, 3.05) is 25.0 Å². The normalized spacial score (nSPS) is 18.8. The molecule has 1 fully saturated rings. The third-order valence-corrected chi connectivity index (χ3v) is 4.46. The van der Waals surface area contributed by atoms with Crippen LogP contribution in [0.1, 0.15) is 29.7 Å². The van der Waals surface area contributed by atoms with Gasteiger partial charge in [-0.05, 0) is 50.4 Å². The molecule has 0 bridgehead atoms. The maximum absolute atomic E-state index is 4.56. The summed E-state index contributed by atoms with van der Waals surface area (Å²) >= 11 is 0. The molecule has 1 aliphatic heterocycles. The minimum absolute atomic E-state index is 0.461. The number of nitrogens with zero attached hydrogens (tertiary/aromatic N) is 5. The molecule has 3 rings (SSSR count). The summed E-state index contributed by atoms with van der Waals surface area (Å²) in [5.41, 5.74) is 3.53. The number of hydrogen-bond donors (Lipinski definition) is 0. The molecule has 0 N–H and O–H groups in total. The minimum Gasteiger partial charge on any atom is -0.340 e. The second-order valence-electron chi connectivity index (χ2n) is 6.51. The van der Waals surface area contributed by atoms with Gasteiger partial charge in [0, 0.05) is 50.5 Å². The van der Waals surface area contributed by atoms with E-state index in [4.69, 9.17) is 0 Å². The predicted octanol–water partition coefficient (Wildman–Crippen LogP) is 2.59. The van der Waals surface area contributed by atoms with Gasteiger partial charge in [0.2, 0.25) is 5.95 Å². The van der Waals surface area contributed by atoms with Crippen molar-refractivity contribution in [2.45, 2.75) is 39.3 Å². The lowest BCUT2D eigenvalue weighted by molar-refractivity contribution is 0.198. The van der Waals surface area contributed by atoms with Crippen LogP contribution < -0.4 is 4.90 Å². The fourth-order valence-electron chi connectivity index (χ4n) is 3.22. The van der Waals surface area contributed by atoms with Gasteiger partial charge in [0.25, 0.3) is 0 Å². The first-order valence-electron chi connectivity index (χ1n) is 8.27. The molecule has 0 aromatic carbocycles. The van der Waals surface area contributed by atoms with Crippen molar-refractivity contribution < 1.29 is 0 Å². The number of likely N-dealkylation sites (tertiary alicyclic amines) is 1. The second-order valence-corrected chi connectivity index (χ2v) is 6.51. The van der Waals surface area contributed by atoms with E-state index in [1.807, 2.05) is 31.6 Å². The Labute approximate surface area is 138 Å². The lowest BCUT2D eigenvalue weighted by Gasteiger charge is -2.37. The zero-order chi connectivity index (χ0) is 16.2. The van der Waals surface area contributed by atoms with Gasteiger partial charge in [-0.25, -0.2) is 9.97 Å². The largest absolute Gasteiger partial charge is 0.340 e. The third kappa shape index (κ3) is 4.05. The maximum Gasteiger partial charge on any atom is 0.225 e. The first-order chi connectivity index (χ1) is 11.1. The molecule has 1 saturated heterocycles. The van der Waals surface area contributed by atoms with Gasteiger partial charge in [-0.15, -0.1) is 0 Å². The molecule has 3 heterocycles. The summed E-state index contributed by atoms with van der Waals surface area (Å²) in [5, 5.41) is 0. The van der Waals surface area contributed by atoms with E-state index in [2.05, 4.69) is 44.8 Å². The van der Waals surface area contributed by atoms with Gasteiger partial charge in [-0.3, -0.25) is 9.88 Å². The molecule has 1 atom stereocenters. The van der Waals surface area contributed by atoms with E-state index in [9.17, 15) is 0 Å². The number of likely N-dealkylation sites (N-methyl/N-ethyl adjacent to an activating group) is 1. The molecule has 1 aliphatic rings. The number of rotatable bonds is 4. The van der Waals surface area contributed by atoms with Crippen LogP contribution in [-0.2, 0) is 6.54 Å². The van der Waals surface area contributed by atoms with E-state index < -0.39 is 0 Å². The molecule has 5 heteroatoms. The van der Waals surface area contributed by atoms with E-state index >= 15 is 0 Å². The number of anilines is 1. The standard InChI is InChI=1S/C18H25N5/c1-14-9-16(11-19-10-14)12-23-8-4-5-17(13-23)22(3)18-20-7-6-15(2)21-18/h6-7,9-11,17H,4-5,8,12-13H2,1-3H3. The fourth-order valence-corrected chi connectivity index (χ4v) is 3.22. The Morgan fingerprint density at radius 3 is 2.96 bits per heavy atom. The van der Waals surface area contributed by atoms with E-state index in [1.165, 1.54) is 24.0 Å². The molecule has 2 aromatic rings. The SMILES string of the molecule is Cc1cncc(CN2CCCC(N(C)c3nccc(C)n3)C2)c1. The Hall–Kier alpha value is -2.01. The quantitative estimate of drug-likeness (QED) is 0.868. The first kappa shape index (κ1) is 15.9. The van der Waals surface area contributed by atoms with E-state index in [1.54, 1.807) is 0 Å². The van der Waals surface area contributed by atoms with Gasteiger partial charge in [-0.1, -0.05) is 6.07 Å². The van der Waals surface area contributed by atoms with Gasteiger partial charge < -0.3 is 4.90 Å². The van der Waals surface area contributed by atoms with Gasteiger partial charge in [-0.2, -0.15) is 0 Å². The van der Waals surface area contributed by atoms with E-state index in [0.717, 1.165) is 31.3 Å². The topological polar surface area (TPSA) is 45.2 Å². The van der Waals surface area contributed by atoms with Crippen molar-refractivity contribution in [3.8, 4) is 0 Å². The molecule has 0 saturated carbocycles. The molecule has 5 nitrogen and oxygen atoms in total. The molecular weight excluding hydrogens is 286 g/mol. The highest BCUT2D eigenvalue weighted by atomic mass is 15.3. The summed E-state index contributed by atoms with van der Waals surface area (Å²) < 4.78 is 0. The molecule has 122 valence electrons. The summed E-state index contributed by atoms with van der Waals surface area (Å²) in [6.45, 7) is 7.26. The van der Waals surface area contributed by atoms with Crippen LogP contribution in [-0.4, -0.2) is 46.0 Å². The molecule has 0 amide bonds. The summed E-state index contributed by atoms with van der Waals surface area (Å²) in [6, 6.07) is 4.63. The van der Waals surface area contributed by atoms with Crippen LogP contribution >= 0.6 is 0 Å². The summed E-state index contributed by atoms with van der Waals surface area (Å²) in [7, 11) is 2.11. The van der Waals surface area contributed by atoms with Crippen LogP contribution in [0.2, 0.25) is 0 Å². The highest BCUT2D eigenvalue weighted by molar-refractivity contribution is 5.31.